The molecule has 0 radical (unpaired) electrons. The lowest BCUT2D eigenvalue weighted by Gasteiger charge is -2.06. The molecule has 0 N–H and O–H groups in total. The van der Waals surface area contributed by atoms with Crippen molar-refractivity contribution in [2.75, 3.05) is 12.4 Å². The molecule has 0 saturated carbocycles. The molecule has 19 heavy (non-hydrogen) atoms. The molecule has 0 atom stereocenters. The standard InChI is InChI=1S/C14H20O4S/c1-3-5-10-18-14(15)11-19(16,17)13-8-6-12(4-2)7-9-13/h6-9H,3-5,10-11H2,1-2H3. The van der Waals surface area contributed by atoms with Gasteiger partial charge < -0.3 is 4.74 Å². The Balaban J connectivity index is 2.66. The molecule has 5 heteroatoms. The van der Waals surface area contributed by atoms with Gasteiger partial charge >= 0.3 is 5.97 Å². The van der Waals surface area contributed by atoms with Crippen molar-refractivity contribution in [2.24, 2.45) is 0 Å². The number of esters is 1. The Labute approximate surface area is 114 Å². The lowest BCUT2D eigenvalue weighted by atomic mass is 10.2. The molecule has 0 aliphatic carbocycles. The number of sulfone groups is 1. The van der Waals surface area contributed by atoms with Gasteiger partial charge in [-0.05, 0) is 30.5 Å². The highest BCUT2D eigenvalue weighted by Gasteiger charge is 2.20. The van der Waals surface area contributed by atoms with Crippen molar-refractivity contribution in [1.82, 2.24) is 0 Å². The largest absolute Gasteiger partial charge is 0.465 e. The number of ether oxygens (including phenoxy) is 1. The molecule has 0 fully saturated rings. The van der Waals surface area contributed by atoms with E-state index in [2.05, 4.69) is 0 Å². The van der Waals surface area contributed by atoms with Gasteiger partial charge in [-0.25, -0.2) is 8.42 Å². The van der Waals surface area contributed by atoms with E-state index < -0.39 is 21.6 Å². The predicted molar refractivity (Wildman–Crippen MR) is 73.7 cm³/mol. The van der Waals surface area contributed by atoms with Crippen molar-refractivity contribution in [3.63, 3.8) is 0 Å². The highest BCUT2D eigenvalue weighted by molar-refractivity contribution is 7.92. The van der Waals surface area contributed by atoms with Gasteiger partial charge in [0.15, 0.2) is 15.6 Å². The SMILES string of the molecule is CCCCOC(=O)CS(=O)(=O)c1ccc(CC)cc1. The predicted octanol–water partition coefficient (Wildman–Crippen LogP) is 2.37. The summed E-state index contributed by atoms with van der Waals surface area (Å²) in [7, 11) is -3.60. The van der Waals surface area contributed by atoms with Gasteiger partial charge in [0.25, 0.3) is 0 Å². The van der Waals surface area contributed by atoms with Crippen LogP contribution in [-0.2, 0) is 25.8 Å². The number of unbranched alkanes of at least 4 members (excludes halogenated alkanes) is 1. The van der Waals surface area contributed by atoms with Crippen LogP contribution in [0.5, 0.6) is 0 Å². The van der Waals surface area contributed by atoms with Crippen LogP contribution >= 0.6 is 0 Å². The number of hydrogen-bond donors (Lipinski definition) is 0. The van der Waals surface area contributed by atoms with E-state index in [9.17, 15) is 13.2 Å². The van der Waals surface area contributed by atoms with E-state index in [0.717, 1.165) is 24.8 Å². The van der Waals surface area contributed by atoms with E-state index in [1.807, 2.05) is 13.8 Å². The van der Waals surface area contributed by atoms with Crippen molar-refractivity contribution < 1.29 is 17.9 Å². The van der Waals surface area contributed by atoms with Gasteiger partial charge in [-0.2, -0.15) is 0 Å². The summed E-state index contributed by atoms with van der Waals surface area (Å²) in [5.41, 5.74) is 1.06. The highest BCUT2D eigenvalue weighted by Crippen LogP contribution is 2.13. The first-order chi connectivity index (χ1) is 8.99. The van der Waals surface area contributed by atoms with Gasteiger partial charge in [0.05, 0.1) is 11.5 Å². The lowest BCUT2D eigenvalue weighted by Crippen LogP contribution is -2.19. The summed E-state index contributed by atoms with van der Waals surface area (Å²) < 4.78 is 28.8. The Morgan fingerprint density at radius 2 is 1.79 bits per heavy atom. The highest BCUT2D eigenvalue weighted by atomic mass is 32.2. The third-order valence-electron chi connectivity index (χ3n) is 2.76. The molecule has 0 aliphatic heterocycles. The smallest absolute Gasteiger partial charge is 0.321 e. The van der Waals surface area contributed by atoms with E-state index >= 15 is 0 Å². The number of hydrogen-bond acceptors (Lipinski definition) is 4. The number of benzene rings is 1. The van der Waals surface area contributed by atoms with Crippen LogP contribution in [0.15, 0.2) is 29.2 Å². The minimum absolute atomic E-state index is 0.164. The van der Waals surface area contributed by atoms with Gasteiger partial charge in [-0.15, -0.1) is 0 Å². The average Bonchev–Trinajstić information content (AvgIpc) is 2.38. The van der Waals surface area contributed by atoms with Crippen LogP contribution in [0.2, 0.25) is 0 Å². The topological polar surface area (TPSA) is 60.4 Å². The van der Waals surface area contributed by atoms with Gasteiger partial charge in [-0.3, -0.25) is 4.79 Å². The summed E-state index contributed by atoms with van der Waals surface area (Å²) in [5, 5.41) is 0. The summed E-state index contributed by atoms with van der Waals surface area (Å²) >= 11 is 0. The van der Waals surface area contributed by atoms with E-state index in [1.165, 1.54) is 12.1 Å². The van der Waals surface area contributed by atoms with E-state index in [-0.39, 0.29) is 11.5 Å². The fraction of sp³-hybridized carbons (Fsp3) is 0.500. The summed E-state index contributed by atoms with van der Waals surface area (Å²) in [6.45, 7) is 4.24. The molecule has 1 rings (SSSR count). The van der Waals surface area contributed by atoms with Crippen LogP contribution in [0.3, 0.4) is 0 Å². The van der Waals surface area contributed by atoms with Crippen molar-refractivity contribution >= 4 is 15.8 Å². The zero-order valence-corrected chi connectivity index (χ0v) is 12.2. The Morgan fingerprint density at radius 1 is 1.16 bits per heavy atom. The molecule has 0 aliphatic rings. The summed E-state index contributed by atoms with van der Waals surface area (Å²) in [4.78, 5) is 11.6. The van der Waals surface area contributed by atoms with Crippen molar-refractivity contribution in [3.8, 4) is 0 Å². The molecule has 1 aromatic rings. The first kappa shape index (κ1) is 15.7. The fourth-order valence-electron chi connectivity index (χ4n) is 1.54. The fourth-order valence-corrected chi connectivity index (χ4v) is 2.65. The second-order valence-electron chi connectivity index (χ2n) is 4.33. The zero-order chi connectivity index (χ0) is 14.3. The van der Waals surface area contributed by atoms with E-state index in [0.29, 0.717) is 0 Å². The summed E-state index contributed by atoms with van der Waals surface area (Å²) in [5.74, 6) is -1.28. The average molecular weight is 284 g/mol. The molecule has 0 saturated heterocycles. The zero-order valence-electron chi connectivity index (χ0n) is 11.4. The number of rotatable bonds is 7. The monoisotopic (exact) mass is 284 g/mol. The Bertz CT molecular complexity index is 503. The minimum atomic E-state index is -3.60. The number of carbonyl (C=O) groups excluding carboxylic acids is 1. The molecule has 4 nitrogen and oxygen atoms in total. The third kappa shape index (κ3) is 5.03. The maximum Gasteiger partial charge on any atom is 0.321 e. The minimum Gasteiger partial charge on any atom is -0.465 e. The molecular formula is C14H20O4S. The molecule has 0 bridgehead atoms. The molecular weight excluding hydrogens is 264 g/mol. The maximum absolute atomic E-state index is 12.0. The molecule has 1 aromatic carbocycles. The van der Waals surface area contributed by atoms with Crippen LogP contribution < -0.4 is 0 Å². The van der Waals surface area contributed by atoms with Crippen LogP contribution in [0.1, 0.15) is 32.3 Å². The van der Waals surface area contributed by atoms with Crippen LogP contribution in [0.25, 0.3) is 0 Å². The molecule has 0 unspecified atom stereocenters. The van der Waals surface area contributed by atoms with Crippen molar-refractivity contribution in [2.45, 2.75) is 38.0 Å². The van der Waals surface area contributed by atoms with E-state index in [4.69, 9.17) is 4.74 Å². The third-order valence-corrected chi connectivity index (χ3v) is 4.37. The van der Waals surface area contributed by atoms with E-state index in [1.54, 1.807) is 12.1 Å². The van der Waals surface area contributed by atoms with Crippen LogP contribution in [0, 0.1) is 0 Å². The normalized spacial score (nSPS) is 11.3. The Morgan fingerprint density at radius 3 is 2.32 bits per heavy atom. The first-order valence-electron chi connectivity index (χ1n) is 6.47. The van der Waals surface area contributed by atoms with Gasteiger partial charge in [0, 0.05) is 0 Å². The first-order valence-corrected chi connectivity index (χ1v) is 8.12. The number of aryl methyl sites for hydroxylation is 1. The second-order valence-corrected chi connectivity index (χ2v) is 6.32. The number of carbonyl (C=O) groups is 1. The molecule has 0 aromatic heterocycles. The van der Waals surface area contributed by atoms with Gasteiger partial charge in [0.1, 0.15) is 0 Å². The molecule has 0 heterocycles. The van der Waals surface area contributed by atoms with Crippen LogP contribution in [-0.4, -0.2) is 26.7 Å². The summed E-state index contributed by atoms with van der Waals surface area (Å²) in [6.07, 6.45) is 2.49. The van der Waals surface area contributed by atoms with Crippen molar-refractivity contribution in [3.05, 3.63) is 29.8 Å². The molecule has 0 amide bonds. The Hall–Kier alpha value is -1.36. The molecule has 106 valence electrons. The molecule has 0 spiro atoms. The van der Waals surface area contributed by atoms with Gasteiger partial charge in [0.2, 0.25) is 0 Å². The van der Waals surface area contributed by atoms with Crippen LogP contribution in [0.4, 0.5) is 0 Å². The second kappa shape index (κ2) is 7.28. The maximum atomic E-state index is 12.0. The van der Waals surface area contributed by atoms with Crippen molar-refractivity contribution in [1.29, 1.82) is 0 Å². The van der Waals surface area contributed by atoms with Gasteiger partial charge in [-0.1, -0.05) is 32.4 Å². The quantitative estimate of drug-likeness (QED) is 0.569. The lowest BCUT2D eigenvalue weighted by molar-refractivity contribution is -0.140. The summed E-state index contributed by atoms with van der Waals surface area (Å²) in [6, 6.07) is 6.59. The Kier molecular flexibility index (Phi) is 6.02.